The molecule has 0 radical (unpaired) electrons. The maximum absolute atomic E-state index is 11.8. The molecule has 0 aliphatic heterocycles. The molecule has 18 heavy (non-hydrogen) atoms. The van der Waals surface area contributed by atoms with Gasteiger partial charge in [-0.1, -0.05) is 6.07 Å². The van der Waals surface area contributed by atoms with Gasteiger partial charge < -0.3 is 9.30 Å². The number of nitrogens with zero attached hydrogens (tertiary/aromatic N) is 2. The van der Waals surface area contributed by atoms with Crippen molar-refractivity contribution in [2.75, 3.05) is 7.11 Å². The van der Waals surface area contributed by atoms with Gasteiger partial charge in [0.1, 0.15) is 0 Å². The van der Waals surface area contributed by atoms with Gasteiger partial charge in [0.15, 0.2) is 0 Å². The van der Waals surface area contributed by atoms with Crippen LogP contribution in [0, 0.1) is 0 Å². The number of thiophene rings is 1. The van der Waals surface area contributed by atoms with Crippen molar-refractivity contribution in [3.05, 3.63) is 46.4 Å². The molecule has 2 heterocycles. The van der Waals surface area contributed by atoms with Crippen LogP contribution >= 0.6 is 11.3 Å². The van der Waals surface area contributed by atoms with Crippen molar-refractivity contribution in [3.8, 4) is 0 Å². The van der Waals surface area contributed by atoms with E-state index in [0.717, 1.165) is 10.6 Å². The number of carbonyl (C=O) groups is 1. The maximum atomic E-state index is 11.8. The summed E-state index contributed by atoms with van der Waals surface area (Å²) in [5.41, 5.74) is 1.08. The summed E-state index contributed by atoms with van der Waals surface area (Å²) >= 11 is 1.64. The van der Waals surface area contributed by atoms with E-state index in [0.29, 0.717) is 13.1 Å². The van der Waals surface area contributed by atoms with E-state index in [9.17, 15) is 4.79 Å². The number of hydrogen-bond acceptors (Lipinski definition) is 3. The number of ether oxygens (including phenoxy) is 1. The molecule has 0 aliphatic rings. The zero-order valence-electron chi connectivity index (χ0n) is 10.5. The predicted molar refractivity (Wildman–Crippen MR) is 71.4 cm³/mol. The maximum Gasteiger partial charge on any atom is 0.410 e. The average Bonchev–Trinajstić information content (AvgIpc) is 3.00. The Hall–Kier alpha value is -1.75. The lowest BCUT2D eigenvalue weighted by molar-refractivity contribution is 0.117. The van der Waals surface area contributed by atoms with Gasteiger partial charge in [0.05, 0.1) is 20.2 Å². The fraction of sp³-hybridized carbons (Fsp3) is 0.308. The third-order valence-electron chi connectivity index (χ3n) is 2.76. The highest BCUT2D eigenvalue weighted by Crippen LogP contribution is 2.15. The Morgan fingerprint density at radius 2 is 2.22 bits per heavy atom. The molecular weight excluding hydrogens is 248 g/mol. The third kappa shape index (κ3) is 2.92. The normalized spacial score (nSPS) is 10.3. The molecule has 96 valence electrons. The first-order valence-corrected chi connectivity index (χ1v) is 6.54. The summed E-state index contributed by atoms with van der Waals surface area (Å²) < 4.78 is 6.84. The van der Waals surface area contributed by atoms with Gasteiger partial charge in [0.2, 0.25) is 0 Å². The number of hydrogen-bond donors (Lipinski definition) is 0. The van der Waals surface area contributed by atoms with E-state index in [2.05, 4.69) is 0 Å². The molecular formula is C13H16N2O2S. The van der Waals surface area contributed by atoms with Crippen molar-refractivity contribution in [2.45, 2.75) is 13.1 Å². The highest BCUT2D eigenvalue weighted by atomic mass is 32.1. The van der Waals surface area contributed by atoms with E-state index < -0.39 is 0 Å². The van der Waals surface area contributed by atoms with E-state index in [1.54, 1.807) is 16.2 Å². The van der Waals surface area contributed by atoms with Crippen LogP contribution in [-0.2, 0) is 24.9 Å². The lowest BCUT2D eigenvalue weighted by Gasteiger charge is -2.20. The van der Waals surface area contributed by atoms with Crippen LogP contribution in [0.2, 0.25) is 0 Å². The van der Waals surface area contributed by atoms with Gasteiger partial charge in [-0.15, -0.1) is 11.3 Å². The fourth-order valence-electron chi connectivity index (χ4n) is 1.76. The molecule has 2 rings (SSSR count). The monoisotopic (exact) mass is 264 g/mol. The van der Waals surface area contributed by atoms with E-state index >= 15 is 0 Å². The number of methoxy groups -OCH3 is 1. The molecule has 2 aromatic heterocycles. The number of aromatic nitrogens is 1. The molecule has 0 spiro atoms. The summed E-state index contributed by atoms with van der Waals surface area (Å²) in [6.07, 6.45) is 1.67. The lowest BCUT2D eigenvalue weighted by Crippen LogP contribution is -2.30. The molecule has 0 N–H and O–H groups in total. The molecule has 1 amide bonds. The number of rotatable bonds is 4. The Kier molecular flexibility index (Phi) is 4.04. The second-order valence-electron chi connectivity index (χ2n) is 4.02. The van der Waals surface area contributed by atoms with Crippen LogP contribution in [0.15, 0.2) is 35.8 Å². The summed E-state index contributed by atoms with van der Waals surface area (Å²) in [5.74, 6) is 0. The van der Waals surface area contributed by atoms with Crippen molar-refractivity contribution < 1.29 is 9.53 Å². The van der Waals surface area contributed by atoms with Crippen LogP contribution < -0.4 is 0 Å². The third-order valence-corrected chi connectivity index (χ3v) is 3.62. The zero-order chi connectivity index (χ0) is 13.0. The van der Waals surface area contributed by atoms with E-state index in [-0.39, 0.29) is 6.09 Å². The number of amides is 1. The molecule has 0 saturated heterocycles. The summed E-state index contributed by atoms with van der Waals surface area (Å²) in [6.45, 7) is 1.13. The summed E-state index contributed by atoms with van der Waals surface area (Å²) in [4.78, 5) is 14.6. The van der Waals surface area contributed by atoms with Gasteiger partial charge in [-0.3, -0.25) is 4.90 Å². The van der Waals surface area contributed by atoms with Gasteiger partial charge in [-0.2, -0.15) is 0 Å². The van der Waals surface area contributed by atoms with Crippen LogP contribution in [0.3, 0.4) is 0 Å². The number of aryl methyl sites for hydroxylation is 1. The largest absolute Gasteiger partial charge is 0.453 e. The minimum absolute atomic E-state index is 0.301. The molecule has 4 nitrogen and oxygen atoms in total. The smallest absolute Gasteiger partial charge is 0.410 e. The molecule has 0 unspecified atom stereocenters. The van der Waals surface area contributed by atoms with Crippen LogP contribution in [-0.4, -0.2) is 22.7 Å². The SMILES string of the molecule is COC(=O)N(Cc1cccs1)Cc1cccn1C. The quantitative estimate of drug-likeness (QED) is 0.851. The topological polar surface area (TPSA) is 34.5 Å². The van der Waals surface area contributed by atoms with E-state index in [4.69, 9.17) is 4.74 Å². The van der Waals surface area contributed by atoms with Crippen molar-refractivity contribution >= 4 is 17.4 Å². The first-order chi connectivity index (χ1) is 8.70. The second-order valence-corrected chi connectivity index (χ2v) is 5.05. The van der Waals surface area contributed by atoms with Crippen LogP contribution in [0.25, 0.3) is 0 Å². The minimum Gasteiger partial charge on any atom is -0.453 e. The molecule has 0 bridgehead atoms. The van der Waals surface area contributed by atoms with Gasteiger partial charge in [-0.25, -0.2) is 4.79 Å². The van der Waals surface area contributed by atoms with Crippen molar-refractivity contribution in [2.24, 2.45) is 7.05 Å². The fourth-order valence-corrected chi connectivity index (χ4v) is 2.48. The predicted octanol–water partition coefficient (Wildman–Crippen LogP) is 2.86. The van der Waals surface area contributed by atoms with Gasteiger partial charge >= 0.3 is 6.09 Å². The zero-order valence-corrected chi connectivity index (χ0v) is 11.3. The first-order valence-electron chi connectivity index (χ1n) is 5.66. The van der Waals surface area contributed by atoms with Crippen molar-refractivity contribution in [1.82, 2.24) is 9.47 Å². The van der Waals surface area contributed by atoms with Gasteiger partial charge in [0.25, 0.3) is 0 Å². The highest BCUT2D eigenvalue weighted by Gasteiger charge is 2.16. The molecule has 0 saturated carbocycles. The lowest BCUT2D eigenvalue weighted by atomic mass is 10.3. The Morgan fingerprint density at radius 3 is 2.78 bits per heavy atom. The van der Waals surface area contributed by atoms with Crippen molar-refractivity contribution in [3.63, 3.8) is 0 Å². The van der Waals surface area contributed by atoms with Crippen LogP contribution in [0.1, 0.15) is 10.6 Å². The average molecular weight is 264 g/mol. The Morgan fingerprint density at radius 1 is 1.39 bits per heavy atom. The molecule has 5 heteroatoms. The Labute approximate surface area is 110 Å². The van der Waals surface area contributed by atoms with Crippen LogP contribution in [0.5, 0.6) is 0 Å². The molecule has 0 aromatic carbocycles. The van der Waals surface area contributed by atoms with Crippen molar-refractivity contribution in [1.29, 1.82) is 0 Å². The van der Waals surface area contributed by atoms with Crippen LogP contribution in [0.4, 0.5) is 4.79 Å². The second kappa shape index (κ2) is 5.73. The molecule has 0 fully saturated rings. The van der Waals surface area contributed by atoms with E-state index in [1.165, 1.54) is 7.11 Å². The minimum atomic E-state index is -0.301. The Balaban J connectivity index is 2.10. The molecule has 2 aromatic rings. The highest BCUT2D eigenvalue weighted by molar-refractivity contribution is 7.09. The Bertz CT molecular complexity index is 505. The summed E-state index contributed by atoms with van der Waals surface area (Å²) in [6, 6.07) is 7.98. The van der Waals surface area contributed by atoms with Gasteiger partial charge in [0, 0.05) is 23.8 Å². The number of carbonyl (C=O) groups excluding carboxylic acids is 1. The van der Waals surface area contributed by atoms with E-state index in [1.807, 2.05) is 47.5 Å². The van der Waals surface area contributed by atoms with Gasteiger partial charge in [-0.05, 0) is 23.6 Å². The first kappa shape index (κ1) is 12.7. The molecule has 0 atom stereocenters. The standard InChI is InChI=1S/C13H16N2O2S/c1-14-7-3-5-11(14)9-15(13(16)17-2)10-12-6-4-8-18-12/h3-8H,9-10H2,1-2H3. The molecule has 0 aliphatic carbocycles. The summed E-state index contributed by atoms with van der Waals surface area (Å²) in [7, 11) is 3.38. The summed E-state index contributed by atoms with van der Waals surface area (Å²) in [5, 5.41) is 2.01.